The molecule has 0 N–H and O–H groups in total. The van der Waals surface area contributed by atoms with Gasteiger partial charge in [-0.05, 0) is 63.6 Å². The maximum absolute atomic E-state index is 6.56. The van der Waals surface area contributed by atoms with Crippen molar-refractivity contribution in [1.82, 2.24) is 0 Å². The molecule has 3 rings (SSSR count). The van der Waals surface area contributed by atoms with Crippen molar-refractivity contribution < 1.29 is 0 Å². The molecule has 0 spiro atoms. The number of allylic oxidation sites excluding steroid dienone is 1. The Kier molecular flexibility index (Phi) is 5.39. The van der Waals surface area contributed by atoms with Gasteiger partial charge in [-0.3, -0.25) is 4.99 Å². The number of nitrogens with zero attached hydrogens (tertiary/aromatic N) is 2. The van der Waals surface area contributed by atoms with E-state index in [1.165, 1.54) is 11.1 Å². The van der Waals surface area contributed by atoms with Crippen LogP contribution in [0.1, 0.15) is 38.8 Å². The summed E-state index contributed by atoms with van der Waals surface area (Å²) in [5.74, 6) is 0. The Morgan fingerprint density at radius 1 is 1.04 bits per heavy atom. The molecule has 0 aliphatic carbocycles. The lowest BCUT2D eigenvalue weighted by molar-refractivity contribution is 0.566. The van der Waals surface area contributed by atoms with Gasteiger partial charge in [0.25, 0.3) is 0 Å². The monoisotopic (exact) mass is 406 g/mol. The maximum atomic E-state index is 6.56. The van der Waals surface area contributed by atoms with Crippen molar-refractivity contribution in [1.29, 1.82) is 0 Å². The van der Waals surface area contributed by atoms with Gasteiger partial charge in [-0.2, -0.15) is 0 Å². The van der Waals surface area contributed by atoms with Crippen molar-refractivity contribution in [3.05, 3.63) is 62.6 Å². The Balaban J connectivity index is 2.02. The minimum atomic E-state index is -0.0369. The Bertz CT molecular complexity index is 914. The van der Waals surface area contributed by atoms with Crippen molar-refractivity contribution in [2.24, 2.45) is 4.99 Å². The van der Waals surface area contributed by atoms with Gasteiger partial charge in [-0.25, -0.2) is 0 Å². The van der Waals surface area contributed by atoms with E-state index < -0.39 is 0 Å². The zero-order valence-corrected chi connectivity index (χ0v) is 17.5. The van der Waals surface area contributed by atoms with Gasteiger partial charge in [0.15, 0.2) is 0 Å². The van der Waals surface area contributed by atoms with Crippen LogP contribution in [-0.4, -0.2) is 18.3 Å². The first-order valence-corrected chi connectivity index (χ1v) is 9.66. The van der Waals surface area contributed by atoms with Gasteiger partial charge in [0, 0.05) is 29.6 Å². The van der Waals surface area contributed by atoms with Gasteiger partial charge in [-0.15, -0.1) is 0 Å². The number of fused-ring (bicyclic) bond motifs is 1. The van der Waals surface area contributed by atoms with Crippen molar-refractivity contribution in [2.75, 3.05) is 11.4 Å². The van der Waals surface area contributed by atoms with Crippen LogP contribution in [0.25, 0.3) is 5.57 Å². The standard InChI is InChI=1S/C21H21Cl3N2/c1-5-26-20-10-18(23)14(8-16(20)13(2)11-21(26,3)4)12-25-15-6-7-17(22)19(24)9-15/h6-12H,5H2,1-4H3. The lowest BCUT2D eigenvalue weighted by atomic mass is 9.88. The zero-order chi connectivity index (χ0) is 19.1. The van der Waals surface area contributed by atoms with E-state index in [2.05, 4.69) is 49.7 Å². The molecule has 136 valence electrons. The van der Waals surface area contributed by atoms with Crippen LogP contribution in [0.15, 0.2) is 41.4 Å². The normalized spacial score (nSPS) is 16.0. The fraction of sp³-hybridized carbons (Fsp3) is 0.286. The summed E-state index contributed by atoms with van der Waals surface area (Å²) >= 11 is 18.6. The topological polar surface area (TPSA) is 15.6 Å². The van der Waals surface area contributed by atoms with Crippen LogP contribution in [0.4, 0.5) is 11.4 Å². The molecule has 0 bridgehead atoms. The second kappa shape index (κ2) is 7.26. The van der Waals surface area contributed by atoms with E-state index in [-0.39, 0.29) is 5.54 Å². The molecule has 1 aliphatic rings. The zero-order valence-electron chi connectivity index (χ0n) is 15.3. The number of benzene rings is 2. The molecular weight excluding hydrogens is 387 g/mol. The summed E-state index contributed by atoms with van der Waals surface area (Å²) in [6, 6.07) is 9.43. The lowest BCUT2D eigenvalue weighted by Gasteiger charge is -2.43. The van der Waals surface area contributed by atoms with E-state index in [4.69, 9.17) is 34.8 Å². The molecular formula is C21H21Cl3N2. The summed E-state index contributed by atoms with van der Waals surface area (Å²) in [6.07, 6.45) is 4.07. The highest BCUT2D eigenvalue weighted by atomic mass is 35.5. The van der Waals surface area contributed by atoms with Crippen LogP contribution in [-0.2, 0) is 0 Å². The van der Waals surface area contributed by atoms with E-state index in [1.807, 2.05) is 12.1 Å². The summed E-state index contributed by atoms with van der Waals surface area (Å²) < 4.78 is 0. The fourth-order valence-corrected chi connectivity index (χ4v) is 4.00. The third-order valence-electron chi connectivity index (χ3n) is 4.67. The van der Waals surface area contributed by atoms with Crippen LogP contribution >= 0.6 is 34.8 Å². The minimum Gasteiger partial charge on any atom is -0.363 e. The third-order valence-corrected chi connectivity index (χ3v) is 5.73. The molecule has 0 aromatic heterocycles. The molecule has 5 heteroatoms. The molecule has 2 nitrogen and oxygen atoms in total. The highest BCUT2D eigenvalue weighted by Crippen LogP contribution is 2.41. The van der Waals surface area contributed by atoms with E-state index in [9.17, 15) is 0 Å². The summed E-state index contributed by atoms with van der Waals surface area (Å²) in [7, 11) is 0. The highest BCUT2D eigenvalue weighted by Gasteiger charge is 2.30. The van der Waals surface area contributed by atoms with Gasteiger partial charge in [0.2, 0.25) is 0 Å². The number of hydrogen-bond donors (Lipinski definition) is 0. The Morgan fingerprint density at radius 2 is 1.77 bits per heavy atom. The smallest absolute Gasteiger partial charge is 0.0645 e. The average Bonchev–Trinajstić information content (AvgIpc) is 2.56. The molecule has 1 aliphatic heterocycles. The third kappa shape index (κ3) is 3.64. The SMILES string of the molecule is CCN1c2cc(Cl)c(C=Nc3ccc(Cl)c(Cl)c3)cc2C(C)=CC1(C)C. The lowest BCUT2D eigenvalue weighted by Crippen LogP contribution is -2.44. The highest BCUT2D eigenvalue weighted by molar-refractivity contribution is 6.42. The van der Waals surface area contributed by atoms with Gasteiger partial charge in [0.05, 0.1) is 26.3 Å². The predicted octanol–water partition coefficient (Wildman–Crippen LogP) is 7.42. The molecule has 0 saturated carbocycles. The van der Waals surface area contributed by atoms with E-state index in [1.54, 1.807) is 18.3 Å². The van der Waals surface area contributed by atoms with Crippen molar-refractivity contribution >= 4 is 58.0 Å². The molecule has 0 unspecified atom stereocenters. The van der Waals surface area contributed by atoms with E-state index in [0.29, 0.717) is 15.1 Å². The second-order valence-corrected chi connectivity index (χ2v) is 8.19. The van der Waals surface area contributed by atoms with Gasteiger partial charge in [0.1, 0.15) is 0 Å². The number of rotatable bonds is 3. The van der Waals surface area contributed by atoms with Gasteiger partial charge >= 0.3 is 0 Å². The molecule has 0 radical (unpaired) electrons. The van der Waals surface area contributed by atoms with Crippen LogP contribution < -0.4 is 4.90 Å². The minimum absolute atomic E-state index is 0.0369. The fourth-order valence-electron chi connectivity index (χ4n) is 3.50. The summed E-state index contributed by atoms with van der Waals surface area (Å²) in [5, 5.41) is 1.68. The summed E-state index contributed by atoms with van der Waals surface area (Å²) in [6.45, 7) is 9.65. The summed E-state index contributed by atoms with van der Waals surface area (Å²) in [5.41, 5.74) is 5.16. The van der Waals surface area contributed by atoms with Crippen LogP contribution in [0.5, 0.6) is 0 Å². The maximum Gasteiger partial charge on any atom is 0.0645 e. The molecule has 26 heavy (non-hydrogen) atoms. The molecule has 0 amide bonds. The van der Waals surface area contributed by atoms with Crippen molar-refractivity contribution in [3.63, 3.8) is 0 Å². The molecule has 0 atom stereocenters. The number of likely N-dealkylation sites (N-methyl/N-ethyl adjacent to an activating group) is 1. The average molecular weight is 408 g/mol. The quantitative estimate of drug-likeness (QED) is 0.483. The number of aliphatic imine (C=N–C) groups is 1. The van der Waals surface area contributed by atoms with E-state index >= 15 is 0 Å². The Morgan fingerprint density at radius 3 is 2.42 bits per heavy atom. The van der Waals surface area contributed by atoms with Crippen LogP contribution in [0, 0.1) is 0 Å². The Hall–Kier alpha value is -1.48. The molecule has 2 aromatic carbocycles. The molecule has 2 aromatic rings. The number of anilines is 1. The molecule has 1 heterocycles. The Labute approximate surface area is 170 Å². The first-order chi connectivity index (χ1) is 12.2. The second-order valence-electron chi connectivity index (χ2n) is 6.97. The first-order valence-electron chi connectivity index (χ1n) is 8.53. The predicted molar refractivity (Wildman–Crippen MR) is 116 cm³/mol. The largest absolute Gasteiger partial charge is 0.363 e. The first kappa shape index (κ1) is 19.3. The van der Waals surface area contributed by atoms with Crippen molar-refractivity contribution in [2.45, 2.75) is 33.2 Å². The van der Waals surface area contributed by atoms with Gasteiger partial charge < -0.3 is 4.90 Å². The van der Waals surface area contributed by atoms with Crippen LogP contribution in [0.2, 0.25) is 15.1 Å². The summed E-state index contributed by atoms with van der Waals surface area (Å²) in [4.78, 5) is 6.86. The number of halogens is 3. The van der Waals surface area contributed by atoms with Crippen molar-refractivity contribution in [3.8, 4) is 0 Å². The van der Waals surface area contributed by atoms with E-state index in [0.717, 1.165) is 23.5 Å². The molecule has 0 saturated heterocycles. The van der Waals surface area contributed by atoms with Gasteiger partial charge in [-0.1, -0.05) is 40.9 Å². The number of hydrogen-bond acceptors (Lipinski definition) is 2. The molecule has 0 fully saturated rings. The van der Waals surface area contributed by atoms with Crippen LogP contribution in [0.3, 0.4) is 0 Å².